The number of methoxy groups -OCH3 is 1. The normalized spacial score (nSPS) is 11.0. The second-order valence-corrected chi connectivity index (χ2v) is 4.83. The zero-order chi connectivity index (χ0) is 14.7. The second kappa shape index (κ2) is 5.92. The minimum absolute atomic E-state index is 0.348. The number of nitrogens with one attached hydrogen (secondary N) is 1. The van der Waals surface area contributed by atoms with E-state index in [2.05, 4.69) is 9.98 Å². The summed E-state index contributed by atoms with van der Waals surface area (Å²) in [6.07, 6.45) is 1.68. The van der Waals surface area contributed by atoms with Crippen LogP contribution < -0.4 is 0 Å². The SMILES string of the molecule is COC(=O)c1c(C)[nH]c(C=Nc2cccc(Cl)c2)c1C. The third-order valence-corrected chi connectivity index (χ3v) is 3.25. The van der Waals surface area contributed by atoms with E-state index in [9.17, 15) is 4.79 Å². The van der Waals surface area contributed by atoms with Crippen molar-refractivity contribution in [3.63, 3.8) is 0 Å². The Morgan fingerprint density at radius 2 is 2.15 bits per heavy atom. The highest BCUT2D eigenvalue weighted by Gasteiger charge is 2.17. The Bertz CT molecular complexity index is 675. The summed E-state index contributed by atoms with van der Waals surface area (Å²) in [4.78, 5) is 19.2. The fraction of sp³-hybridized carbons (Fsp3) is 0.200. The Balaban J connectivity index is 2.33. The molecule has 1 heterocycles. The molecule has 0 saturated carbocycles. The third-order valence-electron chi connectivity index (χ3n) is 3.02. The van der Waals surface area contributed by atoms with Gasteiger partial charge in [-0.1, -0.05) is 17.7 Å². The summed E-state index contributed by atoms with van der Waals surface area (Å²) in [6.45, 7) is 3.69. The van der Waals surface area contributed by atoms with Crippen LogP contribution in [0.15, 0.2) is 29.3 Å². The first-order chi connectivity index (χ1) is 9.52. The van der Waals surface area contributed by atoms with Gasteiger partial charge in [-0.25, -0.2) is 4.79 Å². The molecule has 2 rings (SSSR count). The fourth-order valence-electron chi connectivity index (χ4n) is 2.01. The molecule has 1 aromatic heterocycles. The molecule has 4 nitrogen and oxygen atoms in total. The van der Waals surface area contributed by atoms with Crippen LogP contribution in [0.3, 0.4) is 0 Å². The summed E-state index contributed by atoms with van der Waals surface area (Å²) in [5, 5.41) is 0.634. The topological polar surface area (TPSA) is 54.5 Å². The predicted molar refractivity (Wildman–Crippen MR) is 80.3 cm³/mol. The summed E-state index contributed by atoms with van der Waals surface area (Å²) in [5.74, 6) is -0.348. The van der Waals surface area contributed by atoms with E-state index in [0.29, 0.717) is 10.6 Å². The van der Waals surface area contributed by atoms with Crippen LogP contribution >= 0.6 is 11.6 Å². The second-order valence-electron chi connectivity index (χ2n) is 4.39. The Morgan fingerprint density at radius 1 is 1.40 bits per heavy atom. The Morgan fingerprint density at radius 3 is 2.80 bits per heavy atom. The highest BCUT2D eigenvalue weighted by Crippen LogP contribution is 2.20. The molecule has 0 radical (unpaired) electrons. The van der Waals surface area contributed by atoms with Gasteiger partial charge in [0.1, 0.15) is 0 Å². The number of carbonyl (C=O) groups excluding carboxylic acids is 1. The van der Waals surface area contributed by atoms with Gasteiger partial charge in [-0.2, -0.15) is 0 Å². The molecule has 0 aliphatic heterocycles. The van der Waals surface area contributed by atoms with Crippen LogP contribution in [-0.4, -0.2) is 24.3 Å². The van der Waals surface area contributed by atoms with Crippen molar-refractivity contribution in [2.24, 2.45) is 4.99 Å². The summed E-state index contributed by atoms with van der Waals surface area (Å²) >= 11 is 5.90. The molecular weight excluding hydrogens is 276 g/mol. The fourth-order valence-corrected chi connectivity index (χ4v) is 2.19. The first kappa shape index (κ1) is 14.3. The van der Waals surface area contributed by atoms with Gasteiger partial charge in [0, 0.05) is 10.7 Å². The van der Waals surface area contributed by atoms with Crippen LogP contribution in [0.2, 0.25) is 5.02 Å². The lowest BCUT2D eigenvalue weighted by Gasteiger charge is -1.99. The lowest BCUT2D eigenvalue weighted by Crippen LogP contribution is -2.03. The number of aromatic amines is 1. The number of carbonyl (C=O) groups is 1. The molecule has 0 spiro atoms. The molecule has 0 saturated heterocycles. The maximum absolute atomic E-state index is 11.7. The lowest BCUT2D eigenvalue weighted by molar-refractivity contribution is 0.0599. The van der Waals surface area contributed by atoms with Gasteiger partial charge in [0.15, 0.2) is 0 Å². The summed E-state index contributed by atoms with van der Waals surface area (Å²) in [7, 11) is 1.37. The van der Waals surface area contributed by atoms with Crippen molar-refractivity contribution in [2.75, 3.05) is 7.11 Å². The molecule has 5 heteroatoms. The summed E-state index contributed by atoms with van der Waals surface area (Å²) < 4.78 is 4.77. The first-order valence-electron chi connectivity index (χ1n) is 6.10. The van der Waals surface area contributed by atoms with Crippen molar-refractivity contribution in [1.82, 2.24) is 4.98 Å². The van der Waals surface area contributed by atoms with E-state index >= 15 is 0 Å². The number of aryl methyl sites for hydroxylation is 1. The number of benzene rings is 1. The Hall–Kier alpha value is -2.07. The Labute approximate surface area is 122 Å². The molecule has 0 amide bonds. The highest BCUT2D eigenvalue weighted by atomic mass is 35.5. The molecule has 0 bridgehead atoms. The molecule has 0 unspecified atom stereocenters. The van der Waals surface area contributed by atoms with Gasteiger partial charge in [-0.05, 0) is 37.6 Å². The molecule has 104 valence electrons. The Kier molecular flexibility index (Phi) is 4.25. The van der Waals surface area contributed by atoms with Crippen LogP contribution in [0.25, 0.3) is 0 Å². The number of nitrogens with zero attached hydrogens (tertiary/aromatic N) is 1. The minimum Gasteiger partial charge on any atom is -0.465 e. The number of hydrogen-bond donors (Lipinski definition) is 1. The molecule has 0 aliphatic carbocycles. The average molecular weight is 291 g/mol. The van der Waals surface area contributed by atoms with Crippen LogP contribution in [0, 0.1) is 13.8 Å². The number of esters is 1. The minimum atomic E-state index is -0.348. The van der Waals surface area contributed by atoms with Crippen molar-refractivity contribution >= 4 is 29.5 Å². The molecule has 0 fully saturated rings. The van der Waals surface area contributed by atoms with Gasteiger partial charge in [-0.3, -0.25) is 4.99 Å². The number of aromatic nitrogens is 1. The molecule has 0 atom stereocenters. The van der Waals surface area contributed by atoms with E-state index in [1.807, 2.05) is 26.0 Å². The van der Waals surface area contributed by atoms with E-state index in [4.69, 9.17) is 16.3 Å². The van der Waals surface area contributed by atoms with Crippen molar-refractivity contribution in [3.05, 3.63) is 51.8 Å². The third kappa shape index (κ3) is 2.91. The maximum atomic E-state index is 11.7. The van der Waals surface area contributed by atoms with Crippen molar-refractivity contribution in [1.29, 1.82) is 0 Å². The number of rotatable bonds is 3. The molecule has 1 N–H and O–H groups in total. The van der Waals surface area contributed by atoms with Crippen molar-refractivity contribution in [2.45, 2.75) is 13.8 Å². The van der Waals surface area contributed by atoms with Gasteiger partial charge in [0.2, 0.25) is 0 Å². The first-order valence-corrected chi connectivity index (χ1v) is 6.48. The van der Waals surface area contributed by atoms with Gasteiger partial charge >= 0.3 is 5.97 Å². The molecule has 2 aromatic rings. The number of halogens is 1. The lowest BCUT2D eigenvalue weighted by atomic mass is 10.1. The largest absolute Gasteiger partial charge is 0.465 e. The van der Waals surface area contributed by atoms with E-state index in [0.717, 1.165) is 22.6 Å². The number of H-pyrrole nitrogens is 1. The molecule has 1 aromatic carbocycles. The average Bonchev–Trinajstić information content (AvgIpc) is 2.70. The van der Waals surface area contributed by atoms with Crippen molar-refractivity contribution < 1.29 is 9.53 Å². The summed E-state index contributed by atoms with van der Waals surface area (Å²) in [6, 6.07) is 7.25. The van der Waals surface area contributed by atoms with Crippen LogP contribution in [-0.2, 0) is 4.74 Å². The van der Waals surface area contributed by atoms with Gasteiger partial charge < -0.3 is 9.72 Å². The number of aliphatic imine (C=N–C) groups is 1. The maximum Gasteiger partial charge on any atom is 0.339 e. The van der Waals surface area contributed by atoms with Gasteiger partial charge in [-0.15, -0.1) is 0 Å². The van der Waals surface area contributed by atoms with Crippen LogP contribution in [0.4, 0.5) is 5.69 Å². The summed E-state index contributed by atoms with van der Waals surface area (Å²) in [5.41, 5.74) is 3.67. The monoisotopic (exact) mass is 290 g/mol. The van der Waals surface area contributed by atoms with Gasteiger partial charge in [0.25, 0.3) is 0 Å². The van der Waals surface area contributed by atoms with E-state index < -0.39 is 0 Å². The number of hydrogen-bond acceptors (Lipinski definition) is 3. The highest BCUT2D eigenvalue weighted by molar-refractivity contribution is 6.30. The van der Waals surface area contributed by atoms with Crippen LogP contribution in [0.5, 0.6) is 0 Å². The van der Waals surface area contributed by atoms with E-state index in [1.54, 1.807) is 18.3 Å². The molecule has 20 heavy (non-hydrogen) atoms. The van der Waals surface area contributed by atoms with Crippen molar-refractivity contribution in [3.8, 4) is 0 Å². The number of ether oxygens (including phenoxy) is 1. The van der Waals surface area contributed by atoms with E-state index in [-0.39, 0.29) is 5.97 Å². The van der Waals surface area contributed by atoms with E-state index in [1.165, 1.54) is 7.11 Å². The molecule has 0 aliphatic rings. The molecular formula is C15H15ClN2O2. The van der Waals surface area contributed by atoms with Crippen LogP contribution in [0.1, 0.15) is 27.3 Å². The quantitative estimate of drug-likeness (QED) is 0.690. The standard InChI is InChI=1S/C15H15ClN2O2/c1-9-13(18-10(2)14(9)15(19)20-3)8-17-12-6-4-5-11(16)7-12/h4-8,18H,1-3H3. The van der Waals surface area contributed by atoms with Gasteiger partial charge in [0.05, 0.1) is 30.3 Å². The zero-order valence-corrected chi connectivity index (χ0v) is 12.3. The zero-order valence-electron chi connectivity index (χ0n) is 11.5. The predicted octanol–water partition coefficient (Wildman–Crippen LogP) is 3.82. The smallest absolute Gasteiger partial charge is 0.339 e.